The van der Waals surface area contributed by atoms with E-state index in [1.807, 2.05) is 18.2 Å². The van der Waals surface area contributed by atoms with Crippen LogP contribution in [0.4, 0.5) is 11.6 Å². The fourth-order valence-corrected chi connectivity index (χ4v) is 6.86. The van der Waals surface area contributed by atoms with Crippen molar-refractivity contribution >= 4 is 43.5 Å². The minimum atomic E-state index is -4.26. The SMILES string of the molecule is CC(C)(C)c1ccc2c(n1)N1C[C@@H](CC[C@H](c3cccc(Br)n3)Nc3cccc(n3)S(=O)(=O)NC2=O)CC1(C)C. The monoisotopic (exact) mass is 626 g/mol. The molecule has 0 unspecified atom stereocenters. The zero-order chi connectivity index (χ0) is 28.9. The Morgan fingerprint density at radius 2 is 1.75 bits per heavy atom. The van der Waals surface area contributed by atoms with Crippen molar-refractivity contribution in [1.29, 1.82) is 0 Å². The van der Waals surface area contributed by atoms with Gasteiger partial charge in [0.05, 0.1) is 17.3 Å². The van der Waals surface area contributed by atoms with Gasteiger partial charge in [0.25, 0.3) is 15.9 Å². The maximum absolute atomic E-state index is 13.6. The molecule has 212 valence electrons. The Bertz CT molecular complexity index is 1550. The van der Waals surface area contributed by atoms with Crippen LogP contribution in [0.1, 0.15) is 81.7 Å². The number of carbonyl (C=O) groups is 1. The molecule has 2 aliphatic heterocycles. The predicted octanol–water partition coefficient (Wildman–Crippen LogP) is 5.60. The molecule has 4 bridgehead atoms. The van der Waals surface area contributed by atoms with E-state index >= 15 is 0 Å². The standard InChI is InChI=1S/C29H35BrN6O3S/c1-28(2,3)22-15-13-19-26(33-22)36-17-18(16-29(36,4)5)12-14-21(20-8-6-9-23(30)31-20)32-24-10-7-11-25(34-24)40(38,39)35-27(19)37/h6-11,13,15,18,21H,12,14,16-17H2,1-5H3,(H,32,34)(H,35,37)/t18-,21+/m0/s1. The highest BCUT2D eigenvalue weighted by Crippen LogP contribution is 2.41. The maximum atomic E-state index is 13.6. The van der Waals surface area contributed by atoms with Crippen LogP contribution in [-0.2, 0) is 15.4 Å². The maximum Gasteiger partial charge on any atom is 0.281 e. The van der Waals surface area contributed by atoms with Crippen molar-refractivity contribution in [2.24, 2.45) is 5.92 Å². The summed E-state index contributed by atoms with van der Waals surface area (Å²) < 4.78 is 29.7. The van der Waals surface area contributed by atoms with Gasteiger partial charge in [0.1, 0.15) is 16.2 Å². The smallest absolute Gasteiger partial charge is 0.281 e. The van der Waals surface area contributed by atoms with Crippen LogP contribution in [0.5, 0.6) is 0 Å². The Labute approximate surface area is 244 Å². The van der Waals surface area contributed by atoms with E-state index in [1.165, 1.54) is 6.07 Å². The molecule has 9 nitrogen and oxygen atoms in total. The summed E-state index contributed by atoms with van der Waals surface area (Å²) in [6.07, 6.45) is 2.56. The molecule has 2 aliphatic rings. The lowest BCUT2D eigenvalue weighted by Gasteiger charge is -2.34. The lowest BCUT2D eigenvalue weighted by atomic mass is 9.90. The first-order chi connectivity index (χ1) is 18.7. The van der Waals surface area contributed by atoms with Crippen LogP contribution in [0.3, 0.4) is 0 Å². The zero-order valence-electron chi connectivity index (χ0n) is 23.4. The van der Waals surface area contributed by atoms with E-state index in [0.29, 0.717) is 24.1 Å². The van der Waals surface area contributed by atoms with Crippen molar-refractivity contribution in [3.63, 3.8) is 0 Å². The summed E-state index contributed by atoms with van der Waals surface area (Å²) in [5, 5.41) is 3.16. The van der Waals surface area contributed by atoms with E-state index in [0.717, 1.165) is 35.3 Å². The van der Waals surface area contributed by atoms with Crippen LogP contribution in [-0.4, -0.2) is 41.4 Å². The predicted molar refractivity (Wildman–Crippen MR) is 159 cm³/mol. The van der Waals surface area contributed by atoms with E-state index in [2.05, 4.69) is 75.5 Å². The van der Waals surface area contributed by atoms with Gasteiger partial charge < -0.3 is 10.2 Å². The second-order valence-corrected chi connectivity index (χ2v) is 14.7. The second-order valence-electron chi connectivity index (χ2n) is 12.3. The van der Waals surface area contributed by atoms with Gasteiger partial charge in [-0.05, 0) is 91.4 Å². The molecule has 5 rings (SSSR count). The molecule has 1 saturated heterocycles. The minimum Gasteiger partial charge on any atom is -0.362 e. The van der Waals surface area contributed by atoms with Crippen molar-refractivity contribution < 1.29 is 13.2 Å². The first-order valence-electron chi connectivity index (χ1n) is 13.5. The summed E-state index contributed by atoms with van der Waals surface area (Å²) in [5.41, 5.74) is 1.35. The Balaban J connectivity index is 1.63. The lowest BCUT2D eigenvalue weighted by molar-refractivity contribution is 0.0981. The average Bonchev–Trinajstić information content (AvgIpc) is 3.18. The van der Waals surface area contributed by atoms with Crippen molar-refractivity contribution in [2.75, 3.05) is 16.8 Å². The van der Waals surface area contributed by atoms with E-state index in [1.54, 1.807) is 24.3 Å². The molecule has 1 fully saturated rings. The average molecular weight is 628 g/mol. The summed E-state index contributed by atoms with van der Waals surface area (Å²) in [6.45, 7) is 11.2. The number of aromatic nitrogens is 3. The second kappa shape index (κ2) is 10.4. The van der Waals surface area contributed by atoms with Crippen LogP contribution < -0.4 is 14.9 Å². The molecule has 3 aromatic rings. The van der Waals surface area contributed by atoms with E-state index in [9.17, 15) is 13.2 Å². The number of amides is 1. The highest BCUT2D eigenvalue weighted by molar-refractivity contribution is 9.10. The van der Waals surface area contributed by atoms with Crippen molar-refractivity contribution in [3.8, 4) is 0 Å². The third-order valence-corrected chi connectivity index (χ3v) is 9.28. The van der Waals surface area contributed by atoms with Crippen molar-refractivity contribution in [3.05, 3.63) is 70.1 Å². The summed E-state index contributed by atoms with van der Waals surface area (Å²) >= 11 is 3.47. The molecule has 1 amide bonds. The molecule has 0 saturated carbocycles. The molecule has 0 spiro atoms. The molecule has 0 aliphatic carbocycles. The molecular weight excluding hydrogens is 592 g/mol. The Morgan fingerprint density at radius 1 is 1.00 bits per heavy atom. The van der Waals surface area contributed by atoms with E-state index < -0.39 is 15.9 Å². The number of fused-ring (bicyclic) bond motifs is 6. The molecule has 40 heavy (non-hydrogen) atoms. The van der Waals surface area contributed by atoms with Gasteiger partial charge in [0.2, 0.25) is 0 Å². The number of hydrogen-bond acceptors (Lipinski definition) is 8. The van der Waals surface area contributed by atoms with Gasteiger partial charge in [-0.3, -0.25) is 4.79 Å². The number of hydrogen-bond donors (Lipinski definition) is 2. The van der Waals surface area contributed by atoms with Gasteiger partial charge in [-0.1, -0.05) is 32.9 Å². The molecule has 2 N–H and O–H groups in total. The van der Waals surface area contributed by atoms with Crippen molar-refractivity contribution in [2.45, 2.75) is 75.9 Å². The summed E-state index contributed by atoms with van der Waals surface area (Å²) in [5.74, 6) is 0.499. The number of rotatable bonds is 1. The fraction of sp³-hybridized carbons (Fsp3) is 0.448. The molecule has 11 heteroatoms. The number of sulfonamides is 1. The lowest BCUT2D eigenvalue weighted by Crippen LogP contribution is -2.41. The molecule has 2 atom stereocenters. The van der Waals surface area contributed by atoms with Crippen LogP contribution in [0.15, 0.2) is 58.2 Å². The fourth-order valence-electron chi connectivity index (χ4n) is 5.57. The number of pyridine rings is 3. The van der Waals surface area contributed by atoms with Crippen molar-refractivity contribution in [1.82, 2.24) is 19.7 Å². The third-order valence-electron chi connectivity index (χ3n) is 7.61. The van der Waals surface area contributed by atoms with Gasteiger partial charge in [-0.15, -0.1) is 0 Å². The quantitative estimate of drug-likeness (QED) is 0.335. The van der Waals surface area contributed by atoms with Gasteiger partial charge >= 0.3 is 0 Å². The van der Waals surface area contributed by atoms with Gasteiger partial charge in [0.15, 0.2) is 5.03 Å². The molecule has 3 aromatic heterocycles. The van der Waals surface area contributed by atoms with E-state index in [-0.39, 0.29) is 27.6 Å². The zero-order valence-corrected chi connectivity index (χ0v) is 25.8. The molecule has 5 heterocycles. The molecule has 0 radical (unpaired) electrons. The summed E-state index contributed by atoms with van der Waals surface area (Å²) in [7, 11) is -4.26. The topological polar surface area (TPSA) is 117 Å². The number of anilines is 2. The number of nitrogens with one attached hydrogen (secondary N) is 2. The van der Waals surface area contributed by atoms with Crippen LogP contribution >= 0.6 is 15.9 Å². The number of halogens is 1. The van der Waals surface area contributed by atoms with Crippen LogP contribution in [0.25, 0.3) is 0 Å². The van der Waals surface area contributed by atoms with Gasteiger partial charge in [0, 0.05) is 23.2 Å². The van der Waals surface area contributed by atoms with Crippen LogP contribution in [0, 0.1) is 5.92 Å². The van der Waals surface area contributed by atoms with Crippen LogP contribution in [0.2, 0.25) is 0 Å². The van der Waals surface area contributed by atoms with E-state index in [4.69, 9.17) is 4.98 Å². The summed E-state index contributed by atoms with van der Waals surface area (Å²) in [4.78, 5) is 29.7. The first-order valence-corrected chi connectivity index (χ1v) is 15.7. The highest BCUT2D eigenvalue weighted by Gasteiger charge is 2.41. The first kappa shape index (κ1) is 28.5. The highest BCUT2D eigenvalue weighted by atomic mass is 79.9. The Kier molecular flexibility index (Phi) is 7.41. The minimum absolute atomic E-state index is 0.197. The Hall–Kier alpha value is -3.05. The molecular formula is C29H35BrN6O3S. The normalized spacial score (nSPS) is 22.4. The number of nitrogens with zero attached hydrogens (tertiary/aromatic N) is 4. The largest absolute Gasteiger partial charge is 0.362 e. The summed E-state index contributed by atoms with van der Waals surface area (Å²) in [6, 6.07) is 13.8. The Morgan fingerprint density at radius 3 is 2.48 bits per heavy atom. The van der Waals surface area contributed by atoms with Gasteiger partial charge in [-0.25, -0.2) is 19.7 Å². The number of carbonyl (C=O) groups excluding carboxylic acids is 1. The third kappa shape index (κ3) is 5.85. The molecule has 0 aromatic carbocycles. The van der Waals surface area contributed by atoms with Gasteiger partial charge in [-0.2, -0.15) is 8.42 Å².